The number of aromatic nitrogens is 5. The molecule has 6 nitrogen and oxygen atoms in total. The molecule has 0 aliphatic heterocycles. The number of fused-ring (bicyclic) bond motifs is 15. The molecule has 66 heavy (non-hydrogen) atoms. The van der Waals surface area contributed by atoms with Crippen LogP contribution in [-0.2, 0) is 0 Å². The molecule has 0 N–H and O–H groups in total. The zero-order chi connectivity index (χ0) is 43.0. The third-order valence-electron chi connectivity index (χ3n) is 13.6. The first-order valence-electron chi connectivity index (χ1n) is 22.2. The summed E-state index contributed by atoms with van der Waals surface area (Å²) in [5.74, 6) is 1.64. The molecule has 7 heteroatoms. The zero-order valence-corrected chi connectivity index (χ0v) is 35.9. The summed E-state index contributed by atoms with van der Waals surface area (Å²) in [4.78, 5) is 16.7. The lowest BCUT2D eigenvalue weighted by molar-refractivity contribution is 0.669. The van der Waals surface area contributed by atoms with Crippen LogP contribution in [0.5, 0.6) is 0 Å². The molecule has 0 atom stereocenters. The van der Waals surface area contributed by atoms with Gasteiger partial charge in [0.2, 0.25) is 5.95 Å². The average molecular weight is 860 g/mol. The quantitative estimate of drug-likeness (QED) is 0.177. The Morgan fingerprint density at radius 3 is 1.85 bits per heavy atom. The third kappa shape index (κ3) is 4.97. The van der Waals surface area contributed by atoms with Crippen LogP contribution in [0.25, 0.3) is 142 Å². The number of furan rings is 1. The van der Waals surface area contributed by atoms with Crippen molar-refractivity contribution in [3.63, 3.8) is 0 Å². The van der Waals surface area contributed by atoms with Gasteiger partial charge in [0.15, 0.2) is 11.6 Å². The van der Waals surface area contributed by atoms with Crippen molar-refractivity contribution in [2.75, 3.05) is 0 Å². The maximum atomic E-state index is 7.05. The van der Waals surface area contributed by atoms with Gasteiger partial charge >= 0.3 is 0 Å². The zero-order valence-electron chi connectivity index (χ0n) is 35.1. The number of nitrogens with zero attached hydrogens (tertiary/aromatic N) is 5. The maximum Gasteiger partial charge on any atom is 0.238 e. The van der Waals surface area contributed by atoms with Gasteiger partial charge in [-0.1, -0.05) is 140 Å². The van der Waals surface area contributed by atoms with E-state index in [0.29, 0.717) is 17.6 Å². The van der Waals surface area contributed by atoms with Gasteiger partial charge in [-0.05, 0) is 82.2 Å². The van der Waals surface area contributed by atoms with Gasteiger partial charge in [0, 0.05) is 58.1 Å². The SMILES string of the molecule is c1ccc2cc3c(cc2c1)c1c2ccccc2ccc1n3-c1ccc2c(oc3ccccc32)c1-c1nc(-c2cccc3sc4ccccc4c23)nc(-n2c3ccccc3c3ccccc32)n1. The van der Waals surface area contributed by atoms with Crippen molar-refractivity contribution in [3.05, 3.63) is 200 Å². The Bertz CT molecular complexity index is 4500. The van der Waals surface area contributed by atoms with Crippen molar-refractivity contribution >= 4 is 119 Å². The highest BCUT2D eigenvalue weighted by Crippen LogP contribution is 2.46. The highest BCUT2D eigenvalue weighted by atomic mass is 32.1. The van der Waals surface area contributed by atoms with E-state index in [4.69, 9.17) is 19.4 Å². The minimum atomic E-state index is 0.518. The highest BCUT2D eigenvalue weighted by Gasteiger charge is 2.27. The van der Waals surface area contributed by atoms with E-state index in [-0.39, 0.29) is 0 Å². The largest absolute Gasteiger partial charge is 0.455 e. The lowest BCUT2D eigenvalue weighted by Crippen LogP contribution is -2.08. The summed E-state index contributed by atoms with van der Waals surface area (Å²) in [6, 6.07) is 71.3. The highest BCUT2D eigenvalue weighted by molar-refractivity contribution is 7.25. The molecule has 0 saturated carbocycles. The molecule has 0 spiro atoms. The Labute approximate surface area is 379 Å². The van der Waals surface area contributed by atoms with Gasteiger partial charge < -0.3 is 8.98 Å². The van der Waals surface area contributed by atoms with Gasteiger partial charge in [-0.25, -0.2) is 4.98 Å². The van der Waals surface area contributed by atoms with E-state index in [9.17, 15) is 0 Å². The first-order chi connectivity index (χ1) is 32.7. The Kier molecular flexibility index (Phi) is 7.28. The van der Waals surface area contributed by atoms with Gasteiger partial charge in [-0.2, -0.15) is 9.97 Å². The lowest BCUT2D eigenvalue weighted by Gasteiger charge is -2.16. The van der Waals surface area contributed by atoms with Gasteiger partial charge in [-0.3, -0.25) is 4.57 Å². The molecule has 10 aromatic carbocycles. The van der Waals surface area contributed by atoms with E-state index in [1.165, 1.54) is 41.7 Å². The second-order valence-corrected chi connectivity index (χ2v) is 18.2. The molecule has 0 amide bonds. The van der Waals surface area contributed by atoms with E-state index in [0.717, 1.165) is 82.4 Å². The fourth-order valence-electron chi connectivity index (χ4n) is 10.7. The second-order valence-electron chi connectivity index (χ2n) is 17.1. The number of thiophene rings is 1. The fraction of sp³-hybridized carbons (Fsp3) is 0. The van der Waals surface area contributed by atoms with Crippen LogP contribution in [0, 0.1) is 0 Å². The second kappa shape index (κ2) is 13.4. The normalized spacial score (nSPS) is 12.2. The van der Waals surface area contributed by atoms with Crippen LogP contribution in [0.2, 0.25) is 0 Å². The minimum Gasteiger partial charge on any atom is -0.455 e. The summed E-state index contributed by atoms with van der Waals surface area (Å²) in [5.41, 5.74) is 8.38. The third-order valence-corrected chi connectivity index (χ3v) is 14.7. The molecule has 0 aliphatic rings. The van der Waals surface area contributed by atoms with Crippen molar-refractivity contribution in [3.8, 4) is 34.4 Å². The van der Waals surface area contributed by atoms with Crippen molar-refractivity contribution < 1.29 is 4.42 Å². The molecule has 5 heterocycles. The number of para-hydroxylation sites is 3. The van der Waals surface area contributed by atoms with Crippen molar-refractivity contribution in [2.24, 2.45) is 0 Å². The van der Waals surface area contributed by atoms with Gasteiger partial charge in [0.25, 0.3) is 0 Å². The van der Waals surface area contributed by atoms with E-state index >= 15 is 0 Å². The molecule has 0 bridgehead atoms. The van der Waals surface area contributed by atoms with Crippen LogP contribution < -0.4 is 0 Å². The molecule has 5 aromatic heterocycles. The monoisotopic (exact) mass is 859 g/mol. The Hall–Kier alpha value is -8.65. The maximum absolute atomic E-state index is 7.05. The molecular formula is C59H33N5OS. The summed E-state index contributed by atoms with van der Waals surface area (Å²) >= 11 is 1.79. The van der Waals surface area contributed by atoms with Crippen LogP contribution in [0.1, 0.15) is 0 Å². The predicted octanol–water partition coefficient (Wildman–Crippen LogP) is 16.0. The van der Waals surface area contributed by atoms with Crippen LogP contribution in [0.15, 0.2) is 205 Å². The predicted molar refractivity (Wildman–Crippen MR) is 275 cm³/mol. The van der Waals surface area contributed by atoms with Crippen molar-refractivity contribution in [1.29, 1.82) is 0 Å². The summed E-state index contributed by atoms with van der Waals surface area (Å²) in [7, 11) is 0. The summed E-state index contributed by atoms with van der Waals surface area (Å²) in [5, 5.41) is 13.7. The minimum absolute atomic E-state index is 0.518. The van der Waals surface area contributed by atoms with E-state index in [1.807, 2.05) is 12.1 Å². The van der Waals surface area contributed by atoms with Crippen LogP contribution in [-0.4, -0.2) is 24.1 Å². The Morgan fingerprint density at radius 2 is 1.03 bits per heavy atom. The van der Waals surface area contributed by atoms with Gasteiger partial charge in [0.05, 0.1) is 33.3 Å². The number of hydrogen-bond donors (Lipinski definition) is 0. The fourth-order valence-corrected chi connectivity index (χ4v) is 11.8. The topological polar surface area (TPSA) is 61.7 Å². The average Bonchev–Trinajstić information content (AvgIpc) is 4.13. The molecule has 15 aromatic rings. The standard InChI is InChI=1S/C59H33N5OS/c1-2-16-36-33-49-44(32-35(36)15-1)53-37-17-4-3-14-34(37)28-30-47(53)63(49)48-31-29-41-40-20-7-11-25-50(40)65-56(41)55(48)58-60-57(43-22-13-27-52-54(43)42-21-8-12-26-51(42)66-52)61-59(62-58)64-45-23-9-5-18-38(45)39-19-6-10-24-46(39)64/h1-33H. The first kappa shape index (κ1) is 35.8. The Morgan fingerprint density at radius 1 is 0.379 bits per heavy atom. The summed E-state index contributed by atoms with van der Waals surface area (Å²) < 4.78 is 14.1. The first-order valence-corrected chi connectivity index (χ1v) is 23.0. The van der Waals surface area contributed by atoms with E-state index < -0.39 is 0 Å². The number of benzene rings is 10. The smallest absolute Gasteiger partial charge is 0.238 e. The summed E-state index contributed by atoms with van der Waals surface area (Å²) in [6.07, 6.45) is 0. The van der Waals surface area contributed by atoms with Gasteiger partial charge in [-0.15, -0.1) is 11.3 Å². The van der Waals surface area contributed by atoms with Crippen molar-refractivity contribution in [1.82, 2.24) is 24.1 Å². The molecule has 0 unspecified atom stereocenters. The molecule has 0 aliphatic carbocycles. The van der Waals surface area contributed by atoms with Crippen LogP contribution in [0.4, 0.5) is 0 Å². The molecule has 15 rings (SSSR count). The molecule has 306 valence electrons. The molecular weight excluding hydrogens is 827 g/mol. The number of rotatable bonds is 4. The summed E-state index contributed by atoms with van der Waals surface area (Å²) in [6.45, 7) is 0. The molecule has 0 saturated heterocycles. The van der Waals surface area contributed by atoms with Crippen LogP contribution in [0.3, 0.4) is 0 Å². The van der Waals surface area contributed by atoms with Gasteiger partial charge in [0.1, 0.15) is 11.2 Å². The van der Waals surface area contributed by atoms with Crippen LogP contribution >= 0.6 is 11.3 Å². The molecule has 0 radical (unpaired) electrons. The molecule has 0 fully saturated rings. The number of hydrogen-bond acceptors (Lipinski definition) is 5. The van der Waals surface area contributed by atoms with E-state index in [1.54, 1.807) is 11.3 Å². The lowest BCUT2D eigenvalue weighted by atomic mass is 10.0. The Balaban J connectivity index is 1.13. The van der Waals surface area contributed by atoms with Crippen molar-refractivity contribution in [2.45, 2.75) is 0 Å². The van der Waals surface area contributed by atoms with E-state index in [2.05, 4.69) is 197 Å².